The van der Waals surface area contributed by atoms with Crippen molar-refractivity contribution >= 4 is 24.2 Å². The molecule has 0 fully saturated rings. The number of alkyl halides is 3. The summed E-state index contributed by atoms with van der Waals surface area (Å²) >= 11 is 4.12. The molecule has 0 spiro atoms. The lowest BCUT2D eigenvalue weighted by atomic mass is 10.1. The average molecular weight is 311 g/mol. The Kier molecular flexibility index (Phi) is 4.27. The summed E-state index contributed by atoms with van der Waals surface area (Å²) in [4.78, 5) is 12.7. The molecule has 110 valence electrons. The van der Waals surface area contributed by atoms with Crippen molar-refractivity contribution in [3.63, 3.8) is 0 Å². The summed E-state index contributed by atoms with van der Waals surface area (Å²) in [6.07, 6.45) is -4.45. The second-order valence-electron chi connectivity index (χ2n) is 4.53. The normalized spacial score (nSPS) is 11.3. The third-order valence-corrected chi connectivity index (χ3v) is 3.20. The van der Waals surface area contributed by atoms with E-state index in [0.717, 1.165) is 12.1 Å². The highest BCUT2D eigenvalue weighted by atomic mass is 32.1. The maximum atomic E-state index is 12.7. The molecule has 2 rings (SSSR count). The lowest BCUT2D eigenvalue weighted by Crippen LogP contribution is -2.14. The largest absolute Gasteiger partial charge is 0.416 e. The summed E-state index contributed by atoms with van der Waals surface area (Å²) in [5.41, 5.74) is 0.225. The third-order valence-electron chi connectivity index (χ3n) is 2.92. The zero-order chi connectivity index (χ0) is 15.6. The fourth-order valence-corrected chi connectivity index (χ4v) is 2.00. The Morgan fingerprint density at radius 3 is 2.48 bits per heavy atom. The number of carbonyl (C=O) groups excluding carboxylic acids is 1. The van der Waals surface area contributed by atoms with Gasteiger partial charge in [0.15, 0.2) is 0 Å². The quantitative estimate of drug-likeness (QED) is 0.783. The number of hydrogen-bond donors (Lipinski definition) is 2. The first-order valence-corrected chi connectivity index (χ1v) is 6.50. The molecule has 0 aliphatic carbocycles. The lowest BCUT2D eigenvalue weighted by molar-refractivity contribution is -0.137. The predicted molar refractivity (Wildman–Crippen MR) is 77.8 cm³/mol. The van der Waals surface area contributed by atoms with Crippen molar-refractivity contribution in [3.8, 4) is 0 Å². The summed E-state index contributed by atoms with van der Waals surface area (Å²) in [6, 6.07) is 9.70. The molecule has 0 saturated carbocycles. The number of benzene rings is 2. The van der Waals surface area contributed by atoms with Crippen molar-refractivity contribution in [2.24, 2.45) is 0 Å². The molecule has 0 bridgehead atoms. The van der Waals surface area contributed by atoms with Gasteiger partial charge in [0.25, 0.3) is 5.91 Å². The first kappa shape index (κ1) is 15.4. The van der Waals surface area contributed by atoms with E-state index in [4.69, 9.17) is 0 Å². The fourth-order valence-electron chi connectivity index (χ4n) is 1.77. The topological polar surface area (TPSA) is 29.1 Å². The van der Waals surface area contributed by atoms with Gasteiger partial charge in [0.2, 0.25) is 0 Å². The van der Waals surface area contributed by atoms with Gasteiger partial charge in [-0.05, 0) is 42.8 Å². The van der Waals surface area contributed by atoms with Crippen LogP contribution in [0.25, 0.3) is 0 Å². The minimum atomic E-state index is -4.45. The molecule has 0 saturated heterocycles. The highest BCUT2D eigenvalue weighted by molar-refractivity contribution is 7.80. The lowest BCUT2D eigenvalue weighted by Gasteiger charge is -2.12. The van der Waals surface area contributed by atoms with Crippen molar-refractivity contribution in [2.45, 2.75) is 18.0 Å². The van der Waals surface area contributed by atoms with Crippen LogP contribution in [0.4, 0.5) is 18.9 Å². The number of halogens is 3. The molecule has 21 heavy (non-hydrogen) atoms. The average Bonchev–Trinajstić information content (AvgIpc) is 2.40. The predicted octanol–water partition coefficient (Wildman–Crippen LogP) is 4.55. The van der Waals surface area contributed by atoms with Crippen LogP contribution in [0.5, 0.6) is 0 Å². The molecular weight excluding hydrogens is 299 g/mol. The maximum absolute atomic E-state index is 12.7. The monoisotopic (exact) mass is 311 g/mol. The molecule has 2 aromatic rings. The number of carbonyl (C=O) groups is 1. The molecule has 1 N–H and O–H groups in total. The van der Waals surface area contributed by atoms with E-state index in [2.05, 4.69) is 17.9 Å². The first-order chi connectivity index (χ1) is 9.77. The zero-order valence-electron chi connectivity index (χ0n) is 11.0. The Bertz CT molecular complexity index is 683. The molecule has 0 radical (unpaired) electrons. The van der Waals surface area contributed by atoms with E-state index in [1.807, 2.05) is 0 Å². The standard InChI is InChI=1S/C15H12F3NOS/c1-9-5-6-11(15(16,17)18)8-13(9)19-14(20)10-3-2-4-12(21)7-10/h2-8,21H,1H3,(H,19,20). The van der Waals surface area contributed by atoms with Crippen LogP contribution in [0, 0.1) is 6.92 Å². The highest BCUT2D eigenvalue weighted by Gasteiger charge is 2.30. The summed E-state index contributed by atoms with van der Waals surface area (Å²) in [5, 5.41) is 2.49. The number of rotatable bonds is 2. The Morgan fingerprint density at radius 1 is 1.14 bits per heavy atom. The number of thiol groups is 1. The molecule has 0 heterocycles. The van der Waals surface area contributed by atoms with Gasteiger partial charge in [-0.3, -0.25) is 4.79 Å². The van der Waals surface area contributed by atoms with Gasteiger partial charge in [0.05, 0.1) is 5.56 Å². The Morgan fingerprint density at radius 2 is 1.86 bits per heavy atom. The van der Waals surface area contributed by atoms with Crippen LogP contribution in [-0.2, 0) is 6.18 Å². The van der Waals surface area contributed by atoms with Crippen LogP contribution in [-0.4, -0.2) is 5.91 Å². The van der Waals surface area contributed by atoms with Crippen molar-refractivity contribution < 1.29 is 18.0 Å². The maximum Gasteiger partial charge on any atom is 0.416 e. The van der Waals surface area contributed by atoms with Gasteiger partial charge < -0.3 is 5.32 Å². The molecule has 0 aliphatic rings. The van der Waals surface area contributed by atoms with Crippen molar-refractivity contribution in [3.05, 3.63) is 59.2 Å². The van der Waals surface area contributed by atoms with Gasteiger partial charge >= 0.3 is 6.18 Å². The Hall–Kier alpha value is -1.95. The van der Waals surface area contributed by atoms with Gasteiger partial charge in [-0.1, -0.05) is 12.1 Å². The fraction of sp³-hybridized carbons (Fsp3) is 0.133. The van der Waals surface area contributed by atoms with Crippen LogP contribution in [0.1, 0.15) is 21.5 Å². The van der Waals surface area contributed by atoms with Gasteiger partial charge in [-0.25, -0.2) is 0 Å². The van der Waals surface area contributed by atoms with E-state index < -0.39 is 17.6 Å². The van der Waals surface area contributed by atoms with E-state index in [9.17, 15) is 18.0 Å². The molecular formula is C15H12F3NOS. The third kappa shape index (κ3) is 3.78. The van der Waals surface area contributed by atoms with Gasteiger partial charge in [-0.15, -0.1) is 12.6 Å². The number of anilines is 1. The van der Waals surface area contributed by atoms with Crippen LogP contribution < -0.4 is 5.32 Å². The smallest absolute Gasteiger partial charge is 0.322 e. The van der Waals surface area contributed by atoms with Crippen molar-refractivity contribution in [2.75, 3.05) is 5.32 Å². The molecule has 6 heteroatoms. The second kappa shape index (κ2) is 5.81. The summed E-state index contributed by atoms with van der Waals surface area (Å²) in [5.74, 6) is -0.478. The highest BCUT2D eigenvalue weighted by Crippen LogP contribution is 2.32. The van der Waals surface area contributed by atoms with Gasteiger partial charge in [0, 0.05) is 16.1 Å². The molecule has 1 amide bonds. The zero-order valence-corrected chi connectivity index (χ0v) is 11.9. The number of hydrogen-bond acceptors (Lipinski definition) is 2. The first-order valence-electron chi connectivity index (χ1n) is 6.05. The number of aryl methyl sites for hydroxylation is 1. The van der Waals surface area contributed by atoms with E-state index in [0.29, 0.717) is 16.0 Å². The molecule has 0 unspecified atom stereocenters. The van der Waals surface area contributed by atoms with Crippen molar-refractivity contribution in [1.82, 2.24) is 0 Å². The van der Waals surface area contributed by atoms with Crippen LogP contribution >= 0.6 is 12.6 Å². The van der Waals surface area contributed by atoms with Crippen LogP contribution in [0.3, 0.4) is 0 Å². The number of amides is 1. The van der Waals surface area contributed by atoms with Crippen LogP contribution in [0.2, 0.25) is 0 Å². The van der Waals surface area contributed by atoms with E-state index >= 15 is 0 Å². The minimum absolute atomic E-state index is 0.138. The van der Waals surface area contributed by atoms with Gasteiger partial charge in [-0.2, -0.15) is 13.2 Å². The Balaban J connectivity index is 2.29. The molecule has 0 atom stereocenters. The van der Waals surface area contributed by atoms with E-state index in [1.54, 1.807) is 31.2 Å². The molecule has 0 aliphatic heterocycles. The molecule has 2 aromatic carbocycles. The SMILES string of the molecule is Cc1ccc(C(F)(F)F)cc1NC(=O)c1cccc(S)c1. The Labute approximate surface area is 125 Å². The molecule has 2 nitrogen and oxygen atoms in total. The summed E-state index contributed by atoms with van der Waals surface area (Å²) in [6.45, 7) is 1.63. The summed E-state index contributed by atoms with van der Waals surface area (Å²) in [7, 11) is 0. The van der Waals surface area contributed by atoms with Crippen LogP contribution in [0.15, 0.2) is 47.4 Å². The number of nitrogens with one attached hydrogen (secondary N) is 1. The minimum Gasteiger partial charge on any atom is -0.322 e. The summed E-state index contributed by atoms with van der Waals surface area (Å²) < 4.78 is 38.1. The van der Waals surface area contributed by atoms with E-state index in [-0.39, 0.29) is 5.69 Å². The molecule has 0 aromatic heterocycles. The second-order valence-corrected chi connectivity index (χ2v) is 5.05. The van der Waals surface area contributed by atoms with Crippen molar-refractivity contribution in [1.29, 1.82) is 0 Å². The van der Waals surface area contributed by atoms with E-state index in [1.165, 1.54) is 6.07 Å². The van der Waals surface area contributed by atoms with Gasteiger partial charge in [0.1, 0.15) is 0 Å².